The average molecular weight is 315 g/mol. The highest BCUT2D eigenvalue weighted by Crippen LogP contribution is 2.17. The number of ether oxygens (including phenoxy) is 1. The third-order valence-corrected chi connectivity index (χ3v) is 3.16. The van der Waals surface area contributed by atoms with Crippen molar-refractivity contribution >= 4 is 26.8 Å². The Balaban J connectivity index is 1.78. The summed E-state index contributed by atoms with van der Waals surface area (Å²) in [5.41, 5.74) is 1.88. The molecule has 0 spiro atoms. The smallest absolute Gasteiger partial charge is 0.139 e. The van der Waals surface area contributed by atoms with Gasteiger partial charge in [0.25, 0.3) is 0 Å². The van der Waals surface area contributed by atoms with Gasteiger partial charge in [-0.1, -0.05) is 24.3 Å². The largest absolute Gasteiger partial charge is 0.486 e. The summed E-state index contributed by atoms with van der Waals surface area (Å²) in [6, 6.07) is 14.0. The molecule has 2 aromatic heterocycles. The number of hydrogen-bond donors (Lipinski definition) is 0. The van der Waals surface area contributed by atoms with E-state index in [0.717, 1.165) is 26.8 Å². The molecule has 3 aromatic rings. The summed E-state index contributed by atoms with van der Waals surface area (Å²) in [5.74, 6) is 0.726. The molecule has 0 unspecified atom stereocenters. The lowest BCUT2D eigenvalue weighted by atomic mass is 10.2. The van der Waals surface area contributed by atoms with E-state index in [9.17, 15) is 0 Å². The minimum absolute atomic E-state index is 0.433. The third-order valence-electron chi connectivity index (χ3n) is 2.72. The molecular formula is C15H11BrN2O. The van der Waals surface area contributed by atoms with Crippen LogP contribution in [0.1, 0.15) is 5.69 Å². The van der Waals surface area contributed by atoms with Gasteiger partial charge in [0.1, 0.15) is 12.4 Å². The Labute approximate surface area is 119 Å². The van der Waals surface area contributed by atoms with Gasteiger partial charge in [-0.3, -0.25) is 4.98 Å². The number of aromatic nitrogens is 2. The third kappa shape index (κ3) is 2.90. The molecule has 0 radical (unpaired) electrons. The van der Waals surface area contributed by atoms with Gasteiger partial charge in [0.05, 0.1) is 17.4 Å². The zero-order valence-corrected chi connectivity index (χ0v) is 11.7. The van der Waals surface area contributed by atoms with E-state index in [4.69, 9.17) is 4.74 Å². The number of para-hydroxylation sites is 1. The average Bonchev–Trinajstić information content (AvgIpc) is 2.45. The fourth-order valence-corrected chi connectivity index (χ4v) is 2.16. The van der Waals surface area contributed by atoms with Gasteiger partial charge < -0.3 is 4.74 Å². The van der Waals surface area contributed by atoms with E-state index in [1.54, 1.807) is 12.4 Å². The van der Waals surface area contributed by atoms with Gasteiger partial charge in [-0.2, -0.15) is 0 Å². The number of halogens is 1. The standard InChI is InChI=1S/C15H11BrN2O/c16-12-7-14(9-17-8-12)19-10-13-6-5-11-3-1-2-4-15(11)18-13/h1-9H,10H2. The van der Waals surface area contributed by atoms with Gasteiger partial charge in [0.15, 0.2) is 0 Å². The molecule has 0 N–H and O–H groups in total. The van der Waals surface area contributed by atoms with Crippen LogP contribution >= 0.6 is 15.9 Å². The first-order valence-corrected chi connectivity index (χ1v) is 6.68. The molecular weight excluding hydrogens is 304 g/mol. The van der Waals surface area contributed by atoms with Gasteiger partial charge in [-0.25, -0.2) is 4.98 Å². The van der Waals surface area contributed by atoms with Gasteiger partial charge in [-0.15, -0.1) is 0 Å². The zero-order chi connectivity index (χ0) is 13.1. The lowest BCUT2D eigenvalue weighted by molar-refractivity contribution is 0.300. The molecule has 2 heterocycles. The van der Waals surface area contributed by atoms with E-state index in [-0.39, 0.29) is 0 Å². The number of fused-ring (bicyclic) bond motifs is 1. The molecule has 0 amide bonds. The maximum Gasteiger partial charge on any atom is 0.139 e. The Hall–Kier alpha value is -1.94. The van der Waals surface area contributed by atoms with Gasteiger partial charge >= 0.3 is 0 Å². The van der Waals surface area contributed by atoms with Gasteiger partial charge in [-0.05, 0) is 34.1 Å². The van der Waals surface area contributed by atoms with E-state index in [2.05, 4.69) is 32.0 Å². The van der Waals surface area contributed by atoms with Crippen LogP contribution in [-0.4, -0.2) is 9.97 Å². The van der Waals surface area contributed by atoms with Crippen LogP contribution in [0.15, 0.2) is 59.3 Å². The minimum atomic E-state index is 0.433. The number of benzene rings is 1. The normalized spacial score (nSPS) is 10.6. The molecule has 0 saturated carbocycles. The molecule has 0 fully saturated rings. The van der Waals surface area contributed by atoms with E-state index in [1.165, 1.54) is 0 Å². The topological polar surface area (TPSA) is 35.0 Å². The molecule has 0 atom stereocenters. The quantitative estimate of drug-likeness (QED) is 0.733. The van der Waals surface area contributed by atoms with Crippen LogP contribution in [-0.2, 0) is 6.61 Å². The Morgan fingerprint density at radius 2 is 1.95 bits per heavy atom. The maximum atomic E-state index is 5.67. The number of pyridine rings is 2. The zero-order valence-electron chi connectivity index (χ0n) is 10.1. The van der Waals surface area contributed by atoms with Crippen molar-refractivity contribution in [3.8, 4) is 5.75 Å². The second-order valence-corrected chi connectivity index (χ2v) is 5.04. The Morgan fingerprint density at radius 1 is 1.05 bits per heavy atom. The van der Waals surface area contributed by atoms with Crippen molar-refractivity contribution in [2.24, 2.45) is 0 Å². The Kier molecular flexibility index (Phi) is 3.42. The second-order valence-electron chi connectivity index (χ2n) is 4.12. The van der Waals surface area contributed by atoms with Crippen molar-refractivity contribution in [3.63, 3.8) is 0 Å². The van der Waals surface area contributed by atoms with Gasteiger partial charge in [0, 0.05) is 16.1 Å². The van der Waals surface area contributed by atoms with E-state index >= 15 is 0 Å². The number of rotatable bonds is 3. The van der Waals surface area contributed by atoms with Crippen LogP contribution in [0.3, 0.4) is 0 Å². The summed E-state index contributed by atoms with van der Waals surface area (Å²) in [6.07, 6.45) is 3.41. The first-order valence-electron chi connectivity index (χ1n) is 5.89. The molecule has 0 aliphatic heterocycles. The minimum Gasteiger partial charge on any atom is -0.486 e. The van der Waals surface area contributed by atoms with Crippen molar-refractivity contribution in [3.05, 3.63) is 65.0 Å². The summed E-state index contributed by atoms with van der Waals surface area (Å²) >= 11 is 3.36. The molecule has 4 heteroatoms. The highest BCUT2D eigenvalue weighted by molar-refractivity contribution is 9.10. The van der Waals surface area contributed by atoms with Crippen LogP contribution in [0.25, 0.3) is 10.9 Å². The second kappa shape index (κ2) is 5.36. The van der Waals surface area contributed by atoms with Crippen LogP contribution < -0.4 is 4.74 Å². The van der Waals surface area contributed by atoms with E-state index in [1.807, 2.05) is 36.4 Å². The summed E-state index contributed by atoms with van der Waals surface area (Å²) in [6.45, 7) is 0.433. The van der Waals surface area contributed by atoms with E-state index in [0.29, 0.717) is 6.61 Å². The predicted molar refractivity (Wildman–Crippen MR) is 78.0 cm³/mol. The molecule has 3 nitrogen and oxygen atoms in total. The Morgan fingerprint density at radius 3 is 2.84 bits per heavy atom. The molecule has 94 valence electrons. The molecule has 3 rings (SSSR count). The molecule has 1 aromatic carbocycles. The summed E-state index contributed by atoms with van der Waals surface area (Å²) < 4.78 is 6.57. The van der Waals surface area contributed by atoms with Gasteiger partial charge in [0.2, 0.25) is 0 Å². The van der Waals surface area contributed by atoms with Crippen LogP contribution in [0.2, 0.25) is 0 Å². The molecule has 0 saturated heterocycles. The van der Waals surface area contributed by atoms with Crippen LogP contribution in [0.5, 0.6) is 5.75 Å². The van der Waals surface area contributed by atoms with Crippen LogP contribution in [0.4, 0.5) is 0 Å². The van der Waals surface area contributed by atoms with Crippen molar-refractivity contribution in [2.75, 3.05) is 0 Å². The van der Waals surface area contributed by atoms with E-state index < -0.39 is 0 Å². The number of hydrogen-bond acceptors (Lipinski definition) is 3. The fraction of sp³-hybridized carbons (Fsp3) is 0.0667. The molecule has 0 aliphatic rings. The van der Waals surface area contributed by atoms with Crippen molar-refractivity contribution in [1.82, 2.24) is 9.97 Å². The SMILES string of the molecule is Brc1cncc(OCc2ccc3ccccc3n2)c1. The predicted octanol–water partition coefficient (Wildman–Crippen LogP) is 3.97. The first-order chi connectivity index (χ1) is 9.31. The molecule has 0 bridgehead atoms. The van der Waals surface area contributed by atoms with Crippen LogP contribution in [0, 0.1) is 0 Å². The highest BCUT2D eigenvalue weighted by atomic mass is 79.9. The summed E-state index contributed by atoms with van der Waals surface area (Å²) in [4.78, 5) is 8.61. The first kappa shape index (κ1) is 12.1. The molecule has 0 aliphatic carbocycles. The number of nitrogens with zero attached hydrogens (tertiary/aromatic N) is 2. The monoisotopic (exact) mass is 314 g/mol. The summed E-state index contributed by atoms with van der Waals surface area (Å²) in [7, 11) is 0. The summed E-state index contributed by atoms with van der Waals surface area (Å²) in [5, 5.41) is 1.13. The fourth-order valence-electron chi connectivity index (χ4n) is 1.82. The Bertz CT molecular complexity index is 715. The van der Waals surface area contributed by atoms with Crippen molar-refractivity contribution in [1.29, 1.82) is 0 Å². The lowest BCUT2D eigenvalue weighted by Crippen LogP contribution is -1.98. The maximum absolute atomic E-state index is 5.67. The highest BCUT2D eigenvalue weighted by Gasteiger charge is 2.00. The van der Waals surface area contributed by atoms with Crippen molar-refractivity contribution < 1.29 is 4.74 Å². The van der Waals surface area contributed by atoms with Crippen molar-refractivity contribution in [2.45, 2.75) is 6.61 Å². The molecule has 19 heavy (non-hydrogen) atoms. The lowest BCUT2D eigenvalue weighted by Gasteiger charge is -2.06.